The second-order valence-corrected chi connectivity index (χ2v) is 8.28. The minimum Gasteiger partial charge on any atom is -0.363 e. The molecule has 3 aromatic rings. The summed E-state index contributed by atoms with van der Waals surface area (Å²) in [5.41, 5.74) is 2.35. The molecule has 0 bridgehead atoms. The van der Waals surface area contributed by atoms with Gasteiger partial charge in [-0.15, -0.1) is 0 Å². The monoisotopic (exact) mass is 397 g/mol. The second kappa shape index (κ2) is 6.83. The van der Waals surface area contributed by atoms with Gasteiger partial charge in [0.15, 0.2) is 0 Å². The zero-order valence-electron chi connectivity index (χ0n) is 15.3. The van der Waals surface area contributed by atoms with Gasteiger partial charge in [-0.3, -0.25) is 4.79 Å². The molecule has 0 aliphatic carbocycles. The molecule has 2 aliphatic heterocycles. The number of nitrogens with zero attached hydrogens (tertiary/aromatic N) is 3. The van der Waals surface area contributed by atoms with Crippen molar-refractivity contribution in [1.29, 1.82) is 0 Å². The van der Waals surface area contributed by atoms with E-state index < -0.39 is 5.60 Å². The molecule has 7 heteroatoms. The molecule has 5 nitrogen and oxygen atoms in total. The number of carbonyl (C=O) groups excluding carboxylic acids is 1. The normalized spacial score (nSPS) is 21.2. The Morgan fingerprint density at radius 3 is 3.07 bits per heavy atom. The lowest BCUT2D eigenvalue weighted by molar-refractivity contribution is -0.132. The van der Waals surface area contributed by atoms with E-state index in [2.05, 4.69) is 9.55 Å². The van der Waals surface area contributed by atoms with Crippen molar-refractivity contribution in [3.05, 3.63) is 64.5 Å². The maximum absolute atomic E-state index is 13.7. The Balaban J connectivity index is 1.36. The van der Waals surface area contributed by atoms with Crippen LogP contribution in [0.5, 0.6) is 0 Å². The average molecular weight is 397 g/mol. The molecule has 1 amide bonds. The van der Waals surface area contributed by atoms with Crippen LogP contribution in [0, 0.1) is 5.82 Å². The summed E-state index contributed by atoms with van der Waals surface area (Å²) >= 11 is 1.61. The minimum absolute atomic E-state index is 0.139. The van der Waals surface area contributed by atoms with Gasteiger partial charge >= 0.3 is 0 Å². The number of rotatable bonds is 3. The van der Waals surface area contributed by atoms with Crippen molar-refractivity contribution in [2.24, 2.45) is 0 Å². The molecule has 2 aliphatic rings. The van der Waals surface area contributed by atoms with Crippen LogP contribution in [0.3, 0.4) is 0 Å². The molecule has 1 atom stereocenters. The highest BCUT2D eigenvalue weighted by atomic mass is 32.1. The largest absolute Gasteiger partial charge is 0.363 e. The number of amides is 1. The number of thiophene rings is 1. The number of benzene rings is 1. The number of carbonyl (C=O) groups is 1. The van der Waals surface area contributed by atoms with Gasteiger partial charge in [-0.1, -0.05) is 12.1 Å². The van der Waals surface area contributed by atoms with Crippen molar-refractivity contribution in [3.63, 3.8) is 0 Å². The molecule has 1 spiro atoms. The van der Waals surface area contributed by atoms with Crippen LogP contribution >= 0.6 is 11.3 Å². The van der Waals surface area contributed by atoms with Crippen LogP contribution in [0.1, 0.15) is 17.8 Å². The molecule has 2 aromatic heterocycles. The number of ether oxygens (including phenoxy) is 1. The van der Waals surface area contributed by atoms with Crippen LogP contribution < -0.4 is 0 Å². The molecule has 0 N–H and O–H groups in total. The highest BCUT2D eigenvalue weighted by Crippen LogP contribution is 2.35. The van der Waals surface area contributed by atoms with Gasteiger partial charge in [-0.2, -0.15) is 11.3 Å². The first kappa shape index (κ1) is 17.6. The number of imidazole rings is 1. The van der Waals surface area contributed by atoms with Crippen molar-refractivity contribution in [2.75, 3.05) is 13.1 Å². The van der Waals surface area contributed by atoms with Gasteiger partial charge < -0.3 is 14.2 Å². The van der Waals surface area contributed by atoms with Gasteiger partial charge in [0.05, 0.1) is 31.4 Å². The van der Waals surface area contributed by atoms with Crippen molar-refractivity contribution in [1.82, 2.24) is 14.5 Å². The van der Waals surface area contributed by atoms with Crippen LogP contribution in [-0.2, 0) is 29.1 Å². The van der Waals surface area contributed by atoms with Crippen molar-refractivity contribution >= 4 is 17.2 Å². The Hall–Kier alpha value is -2.51. The fraction of sp³-hybridized carbons (Fsp3) is 0.333. The quantitative estimate of drug-likeness (QED) is 0.680. The van der Waals surface area contributed by atoms with E-state index in [1.807, 2.05) is 27.8 Å². The van der Waals surface area contributed by atoms with Crippen molar-refractivity contribution in [3.8, 4) is 11.3 Å². The van der Waals surface area contributed by atoms with E-state index in [0.717, 1.165) is 29.1 Å². The summed E-state index contributed by atoms with van der Waals surface area (Å²) in [5.74, 6) is 0.717. The minimum atomic E-state index is -0.403. The van der Waals surface area contributed by atoms with E-state index in [9.17, 15) is 9.18 Å². The number of aromatic nitrogens is 2. The van der Waals surface area contributed by atoms with Crippen molar-refractivity contribution in [2.45, 2.75) is 31.6 Å². The van der Waals surface area contributed by atoms with Crippen molar-refractivity contribution < 1.29 is 13.9 Å². The van der Waals surface area contributed by atoms with Crippen LogP contribution in [0.4, 0.5) is 4.39 Å². The summed E-state index contributed by atoms with van der Waals surface area (Å²) in [6.07, 6.45) is 3.01. The lowest BCUT2D eigenvalue weighted by atomic mass is 10.0. The summed E-state index contributed by atoms with van der Waals surface area (Å²) in [4.78, 5) is 19.0. The third kappa shape index (κ3) is 3.14. The van der Waals surface area contributed by atoms with Crippen LogP contribution in [0.15, 0.2) is 47.3 Å². The molecule has 1 fully saturated rings. The predicted molar refractivity (Wildman–Crippen MR) is 104 cm³/mol. The van der Waals surface area contributed by atoms with E-state index in [1.165, 1.54) is 12.1 Å². The van der Waals surface area contributed by atoms with Crippen LogP contribution in [0.2, 0.25) is 0 Å². The summed E-state index contributed by atoms with van der Waals surface area (Å²) in [5, 5.41) is 4.01. The second-order valence-electron chi connectivity index (χ2n) is 7.50. The lowest BCUT2D eigenvalue weighted by Gasteiger charge is -2.35. The number of likely N-dealkylation sites (tertiary alicyclic amines) is 1. The smallest absolute Gasteiger partial charge is 0.227 e. The predicted octanol–water partition coefficient (Wildman–Crippen LogP) is 3.49. The Morgan fingerprint density at radius 2 is 2.25 bits per heavy atom. The molecular formula is C21H20FN3O2S. The molecule has 1 unspecified atom stereocenters. The fourth-order valence-corrected chi connectivity index (χ4v) is 4.79. The van der Waals surface area contributed by atoms with E-state index in [4.69, 9.17) is 4.74 Å². The van der Waals surface area contributed by atoms with Gasteiger partial charge in [0.2, 0.25) is 5.91 Å². The molecule has 4 heterocycles. The van der Waals surface area contributed by atoms with Crippen LogP contribution in [0.25, 0.3) is 11.3 Å². The Bertz CT molecular complexity index is 1020. The number of hydrogen-bond donors (Lipinski definition) is 0. The van der Waals surface area contributed by atoms with Crippen LogP contribution in [-0.4, -0.2) is 39.0 Å². The van der Waals surface area contributed by atoms with Gasteiger partial charge in [0, 0.05) is 12.1 Å². The molecule has 144 valence electrons. The first-order chi connectivity index (χ1) is 13.6. The third-order valence-corrected chi connectivity index (χ3v) is 6.35. The zero-order valence-corrected chi connectivity index (χ0v) is 16.1. The molecule has 0 radical (unpaired) electrons. The first-order valence-corrected chi connectivity index (χ1v) is 10.3. The Kier molecular flexibility index (Phi) is 4.29. The molecule has 28 heavy (non-hydrogen) atoms. The highest BCUT2D eigenvalue weighted by Gasteiger charge is 2.44. The summed E-state index contributed by atoms with van der Waals surface area (Å²) < 4.78 is 22.0. The fourth-order valence-electron chi connectivity index (χ4n) is 4.12. The maximum Gasteiger partial charge on any atom is 0.227 e. The van der Waals surface area contributed by atoms with Gasteiger partial charge in [0.1, 0.15) is 23.8 Å². The Morgan fingerprint density at radius 1 is 1.32 bits per heavy atom. The molecular weight excluding hydrogens is 377 g/mol. The SMILES string of the molecule is O=C(Cc1ccsc1)N1CCC2(C1)Cn1c(-c3cccc(F)c3)cnc1CO2. The van der Waals surface area contributed by atoms with Gasteiger partial charge in [0.25, 0.3) is 0 Å². The number of halogens is 1. The number of hydrogen-bond acceptors (Lipinski definition) is 4. The first-order valence-electron chi connectivity index (χ1n) is 9.35. The van der Waals surface area contributed by atoms with E-state index >= 15 is 0 Å². The molecule has 1 aromatic carbocycles. The summed E-state index contributed by atoms with van der Waals surface area (Å²) in [7, 11) is 0. The summed E-state index contributed by atoms with van der Waals surface area (Å²) in [6, 6.07) is 8.56. The van der Waals surface area contributed by atoms with Gasteiger partial charge in [-0.25, -0.2) is 9.37 Å². The highest BCUT2D eigenvalue weighted by molar-refractivity contribution is 7.08. The zero-order chi connectivity index (χ0) is 19.1. The van der Waals surface area contributed by atoms with Gasteiger partial charge in [-0.05, 0) is 40.9 Å². The number of fused-ring (bicyclic) bond motifs is 1. The lowest BCUT2D eigenvalue weighted by Crippen LogP contribution is -2.45. The van der Waals surface area contributed by atoms with E-state index in [-0.39, 0.29) is 11.7 Å². The standard InChI is InChI=1S/C21H20FN3O2S/c22-17-3-1-2-16(9-17)18-10-23-19-11-27-21(14-25(18)19)5-6-24(13-21)20(26)8-15-4-7-28-12-15/h1-4,7,9-10,12H,5-6,8,11,13-14H2. The topological polar surface area (TPSA) is 47.4 Å². The third-order valence-electron chi connectivity index (χ3n) is 5.62. The molecule has 0 saturated carbocycles. The Labute approximate surface area is 166 Å². The maximum atomic E-state index is 13.7. The molecule has 1 saturated heterocycles. The average Bonchev–Trinajstić information content (AvgIpc) is 3.42. The van der Waals surface area contributed by atoms with E-state index in [1.54, 1.807) is 23.6 Å². The summed E-state index contributed by atoms with van der Waals surface area (Å²) in [6.45, 7) is 2.30. The molecule has 5 rings (SSSR count). The van der Waals surface area contributed by atoms with E-state index in [0.29, 0.717) is 32.7 Å².